The van der Waals surface area contributed by atoms with Crippen LogP contribution in [0.2, 0.25) is 0 Å². The lowest BCUT2D eigenvalue weighted by Crippen LogP contribution is -1.97. The van der Waals surface area contributed by atoms with Crippen LogP contribution in [-0.4, -0.2) is 12.1 Å². The van der Waals surface area contributed by atoms with Gasteiger partial charge in [0.1, 0.15) is 11.6 Å². The number of hydrogen-bond acceptors (Lipinski definition) is 3. The van der Waals surface area contributed by atoms with Gasteiger partial charge in [0, 0.05) is 17.3 Å². The lowest BCUT2D eigenvalue weighted by molar-refractivity contribution is 0.417. The topological polar surface area (TPSA) is 34.1 Å². The average molecular weight is 312 g/mol. The van der Waals surface area contributed by atoms with Gasteiger partial charge >= 0.3 is 0 Å². The van der Waals surface area contributed by atoms with E-state index in [1.54, 1.807) is 19.2 Å². The Labute approximate surface area is 132 Å². The maximum absolute atomic E-state index is 13.8. The van der Waals surface area contributed by atoms with E-state index in [0.29, 0.717) is 17.1 Å². The van der Waals surface area contributed by atoms with E-state index in [-0.39, 0.29) is 5.56 Å². The van der Waals surface area contributed by atoms with Crippen molar-refractivity contribution in [2.45, 2.75) is 0 Å². The molecule has 3 rings (SSSR count). The molecule has 5 heteroatoms. The molecule has 0 aliphatic heterocycles. The van der Waals surface area contributed by atoms with E-state index in [9.17, 15) is 8.78 Å². The lowest BCUT2D eigenvalue weighted by Gasteiger charge is -2.11. The summed E-state index contributed by atoms with van der Waals surface area (Å²) in [7, 11) is 1.59. The Morgan fingerprint density at radius 1 is 0.957 bits per heavy atom. The summed E-state index contributed by atoms with van der Waals surface area (Å²) in [4.78, 5) is 4.24. The number of anilines is 2. The van der Waals surface area contributed by atoms with E-state index in [1.807, 2.05) is 24.3 Å². The van der Waals surface area contributed by atoms with Crippen molar-refractivity contribution in [3.63, 3.8) is 0 Å². The Morgan fingerprint density at radius 2 is 1.78 bits per heavy atom. The van der Waals surface area contributed by atoms with Crippen LogP contribution in [0.15, 0.2) is 60.8 Å². The van der Waals surface area contributed by atoms with Crippen molar-refractivity contribution in [2.75, 3.05) is 12.4 Å². The predicted octanol–water partition coefficient (Wildman–Crippen LogP) is 4.78. The lowest BCUT2D eigenvalue weighted by atomic mass is 10.1. The number of ether oxygens (including phenoxy) is 1. The Bertz CT molecular complexity index is 820. The Balaban J connectivity index is 1.86. The minimum atomic E-state index is -0.876. The Morgan fingerprint density at radius 3 is 2.52 bits per heavy atom. The van der Waals surface area contributed by atoms with Gasteiger partial charge in [-0.25, -0.2) is 13.8 Å². The Kier molecular flexibility index (Phi) is 4.19. The van der Waals surface area contributed by atoms with Gasteiger partial charge in [0.05, 0.1) is 12.8 Å². The molecule has 0 aliphatic rings. The molecule has 0 spiro atoms. The molecule has 0 aliphatic carbocycles. The Hall–Kier alpha value is -2.95. The van der Waals surface area contributed by atoms with Gasteiger partial charge in [0.15, 0.2) is 11.6 Å². The summed E-state index contributed by atoms with van der Waals surface area (Å²) in [5.41, 5.74) is 1.46. The molecule has 0 radical (unpaired) electrons. The van der Waals surface area contributed by atoms with Crippen molar-refractivity contribution in [2.24, 2.45) is 0 Å². The number of nitrogens with zero attached hydrogens (tertiary/aromatic N) is 1. The first-order valence-corrected chi connectivity index (χ1v) is 6.99. The second-order valence-electron chi connectivity index (χ2n) is 4.86. The molecular weight excluding hydrogens is 298 g/mol. The van der Waals surface area contributed by atoms with E-state index in [2.05, 4.69) is 10.3 Å². The number of rotatable bonds is 4. The molecule has 0 bridgehead atoms. The molecule has 116 valence electrons. The molecule has 0 saturated heterocycles. The first kappa shape index (κ1) is 15.0. The molecular formula is C18H14F2N2O. The van der Waals surface area contributed by atoms with Crippen LogP contribution < -0.4 is 10.1 Å². The van der Waals surface area contributed by atoms with E-state index >= 15 is 0 Å². The highest BCUT2D eigenvalue weighted by Gasteiger charge is 2.10. The van der Waals surface area contributed by atoms with Crippen LogP contribution in [0.5, 0.6) is 5.75 Å². The quantitative estimate of drug-likeness (QED) is 0.753. The summed E-state index contributed by atoms with van der Waals surface area (Å²) < 4.78 is 32.3. The third-order valence-corrected chi connectivity index (χ3v) is 3.40. The van der Waals surface area contributed by atoms with E-state index in [0.717, 1.165) is 11.8 Å². The van der Waals surface area contributed by atoms with Crippen molar-refractivity contribution in [1.82, 2.24) is 4.98 Å². The van der Waals surface area contributed by atoms with Crippen LogP contribution in [0.3, 0.4) is 0 Å². The number of benzene rings is 2. The predicted molar refractivity (Wildman–Crippen MR) is 85.9 cm³/mol. The van der Waals surface area contributed by atoms with Gasteiger partial charge in [0.25, 0.3) is 0 Å². The molecule has 3 nitrogen and oxygen atoms in total. The molecule has 23 heavy (non-hydrogen) atoms. The summed E-state index contributed by atoms with van der Waals surface area (Å²) in [6.45, 7) is 0. The fourth-order valence-corrected chi connectivity index (χ4v) is 2.24. The minimum Gasteiger partial charge on any atom is -0.495 e. The van der Waals surface area contributed by atoms with Crippen molar-refractivity contribution >= 4 is 11.5 Å². The second-order valence-corrected chi connectivity index (χ2v) is 4.86. The van der Waals surface area contributed by atoms with Crippen LogP contribution in [0.4, 0.5) is 20.3 Å². The number of para-hydroxylation sites is 2. The minimum absolute atomic E-state index is 0.182. The molecule has 0 atom stereocenters. The molecule has 1 N–H and O–H groups in total. The zero-order valence-corrected chi connectivity index (χ0v) is 12.4. The van der Waals surface area contributed by atoms with Crippen LogP contribution in [0, 0.1) is 11.6 Å². The SMILES string of the molecule is COc1ccccc1Nc1ccc(-c2cccc(F)c2F)cn1. The molecule has 0 unspecified atom stereocenters. The number of methoxy groups -OCH3 is 1. The van der Waals surface area contributed by atoms with Crippen molar-refractivity contribution in [3.05, 3.63) is 72.4 Å². The van der Waals surface area contributed by atoms with Crippen LogP contribution >= 0.6 is 0 Å². The van der Waals surface area contributed by atoms with Crippen LogP contribution in [-0.2, 0) is 0 Å². The number of nitrogens with one attached hydrogen (secondary N) is 1. The van der Waals surface area contributed by atoms with Crippen LogP contribution in [0.1, 0.15) is 0 Å². The fourth-order valence-electron chi connectivity index (χ4n) is 2.24. The summed E-state index contributed by atoms with van der Waals surface area (Å²) in [5.74, 6) is -0.483. The third-order valence-electron chi connectivity index (χ3n) is 3.40. The summed E-state index contributed by atoms with van der Waals surface area (Å²) in [5, 5.41) is 3.12. The molecule has 0 amide bonds. The molecule has 1 aromatic heterocycles. The van der Waals surface area contributed by atoms with Gasteiger partial charge in [0.2, 0.25) is 0 Å². The summed E-state index contributed by atoms with van der Waals surface area (Å²) in [6.07, 6.45) is 1.50. The number of aromatic nitrogens is 1. The number of hydrogen-bond donors (Lipinski definition) is 1. The zero-order valence-electron chi connectivity index (χ0n) is 12.4. The summed E-state index contributed by atoms with van der Waals surface area (Å²) >= 11 is 0. The van der Waals surface area contributed by atoms with Gasteiger partial charge in [-0.1, -0.05) is 24.3 Å². The molecule has 2 aromatic carbocycles. The van der Waals surface area contributed by atoms with Crippen molar-refractivity contribution in [3.8, 4) is 16.9 Å². The average Bonchev–Trinajstić information content (AvgIpc) is 2.59. The molecule has 1 heterocycles. The maximum atomic E-state index is 13.8. The number of halogens is 2. The highest BCUT2D eigenvalue weighted by atomic mass is 19.2. The normalized spacial score (nSPS) is 10.4. The maximum Gasteiger partial charge on any atom is 0.166 e. The van der Waals surface area contributed by atoms with E-state index in [1.165, 1.54) is 18.3 Å². The van der Waals surface area contributed by atoms with Gasteiger partial charge in [-0.15, -0.1) is 0 Å². The summed E-state index contributed by atoms with van der Waals surface area (Å²) in [6, 6.07) is 14.9. The standard InChI is InChI=1S/C18H14F2N2O/c1-23-16-8-3-2-7-15(16)22-17-10-9-12(11-21-17)13-5-4-6-14(19)18(13)20/h2-11H,1H3,(H,21,22). The van der Waals surface area contributed by atoms with Crippen molar-refractivity contribution < 1.29 is 13.5 Å². The smallest absolute Gasteiger partial charge is 0.166 e. The van der Waals surface area contributed by atoms with Gasteiger partial charge in [-0.3, -0.25) is 0 Å². The highest BCUT2D eigenvalue weighted by Crippen LogP contribution is 2.28. The first-order valence-electron chi connectivity index (χ1n) is 6.99. The molecule has 3 aromatic rings. The van der Waals surface area contributed by atoms with E-state index in [4.69, 9.17) is 4.74 Å². The van der Waals surface area contributed by atoms with Gasteiger partial charge in [-0.2, -0.15) is 0 Å². The van der Waals surface area contributed by atoms with Gasteiger partial charge < -0.3 is 10.1 Å². The molecule has 0 saturated carbocycles. The monoisotopic (exact) mass is 312 g/mol. The fraction of sp³-hybridized carbons (Fsp3) is 0.0556. The van der Waals surface area contributed by atoms with Crippen molar-refractivity contribution in [1.29, 1.82) is 0 Å². The number of pyridine rings is 1. The van der Waals surface area contributed by atoms with E-state index < -0.39 is 11.6 Å². The first-order chi connectivity index (χ1) is 11.2. The molecule has 0 fully saturated rings. The van der Waals surface area contributed by atoms with Crippen LogP contribution in [0.25, 0.3) is 11.1 Å². The zero-order chi connectivity index (χ0) is 16.2. The highest BCUT2D eigenvalue weighted by molar-refractivity contribution is 5.68. The van der Waals surface area contributed by atoms with Gasteiger partial charge in [-0.05, 0) is 30.3 Å². The largest absolute Gasteiger partial charge is 0.495 e. The second kappa shape index (κ2) is 6.44. The third kappa shape index (κ3) is 3.13.